The van der Waals surface area contributed by atoms with Crippen LogP contribution in [0.2, 0.25) is 0 Å². The molecule has 0 radical (unpaired) electrons. The summed E-state index contributed by atoms with van der Waals surface area (Å²) in [6.45, 7) is 0.000432. The van der Waals surface area contributed by atoms with Gasteiger partial charge in [0.25, 0.3) is 0 Å². The van der Waals surface area contributed by atoms with Crippen molar-refractivity contribution in [2.24, 2.45) is 5.73 Å². The minimum Gasteiger partial charge on any atom is -0.480 e. The smallest absolute Gasteiger partial charge is 0.326 e. The Bertz CT molecular complexity index is 295. The van der Waals surface area contributed by atoms with E-state index >= 15 is 0 Å². The van der Waals surface area contributed by atoms with E-state index in [1.807, 2.05) is 0 Å². The Morgan fingerprint density at radius 1 is 1.22 bits per heavy atom. The zero-order chi connectivity index (χ0) is 14.0. The number of carboxylic acids is 1. The second-order valence-corrected chi connectivity index (χ2v) is 3.73. The number of aliphatic hydroxyl groups excluding tert-OH is 1. The summed E-state index contributed by atoms with van der Waals surface area (Å²) in [6.07, 6.45) is 1.35. The molecule has 0 heterocycles. The maximum Gasteiger partial charge on any atom is 0.326 e. The number of carbonyl (C=O) groups excluding carboxylic acids is 2. The van der Waals surface area contributed by atoms with Crippen LogP contribution in [0.1, 0.15) is 25.7 Å². The maximum absolute atomic E-state index is 11.3. The maximum atomic E-state index is 11.3. The van der Waals surface area contributed by atoms with Crippen LogP contribution < -0.4 is 16.4 Å². The quantitative estimate of drug-likeness (QED) is 0.331. The zero-order valence-electron chi connectivity index (χ0n) is 10.0. The molecular weight excluding hydrogens is 242 g/mol. The van der Waals surface area contributed by atoms with Crippen LogP contribution in [0.25, 0.3) is 0 Å². The molecule has 1 atom stereocenters. The number of rotatable bonds is 9. The average molecular weight is 261 g/mol. The van der Waals surface area contributed by atoms with Crippen LogP contribution in [0.15, 0.2) is 0 Å². The Hall–Kier alpha value is -1.83. The van der Waals surface area contributed by atoms with Crippen molar-refractivity contribution in [1.29, 1.82) is 0 Å². The van der Waals surface area contributed by atoms with Gasteiger partial charge in [0.1, 0.15) is 6.04 Å². The lowest BCUT2D eigenvalue weighted by Crippen LogP contribution is -2.46. The van der Waals surface area contributed by atoms with Gasteiger partial charge in [-0.1, -0.05) is 0 Å². The van der Waals surface area contributed by atoms with Crippen molar-refractivity contribution >= 4 is 17.9 Å². The number of hydrogen-bond donors (Lipinski definition) is 5. The summed E-state index contributed by atoms with van der Waals surface area (Å²) in [7, 11) is 0. The summed E-state index contributed by atoms with van der Waals surface area (Å²) in [4.78, 5) is 32.4. The Morgan fingerprint density at radius 2 is 1.89 bits per heavy atom. The monoisotopic (exact) mass is 261 g/mol. The molecule has 0 spiro atoms. The highest BCUT2D eigenvalue weighted by atomic mass is 16.4. The summed E-state index contributed by atoms with van der Waals surface area (Å²) in [5, 5.41) is 22.0. The molecule has 0 saturated heterocycles. The Balaban J connectivity index is 3.74. The van der Waals surface area contributed by atoms with Gasteiger partial charge >= 0.3 is 12.0 Å². The number of amides is 3. The van der Waals surface area contributed by atoms with Crippen molar-refractivity contribution in [1.82, 2.24) is 10.6 Å². The third kappa shape index (κ3) is 8.34. The summed E-state index contributed by atoms with van der Waals surface area (Å²) in [5.74, 6) is -1.60. The molecule has 8 heteroatoms. The molecule has 8 nitrogen and oxygen atoms in total. The molecule has 6 N–H and O–H groups in total. The van der Waals surface area contributed by atoms with Crippen LogP contribution >= 0.6 is 0 Å². The lowest BCUT2D eigenvalue weighted by Gasteiger charge is -2.13. The fraction of sp³-hybridized carbons (Fsp3) is 0.700. The van der Waals surface area contributed by atoms with Gasteiger partial charge in [-0.15, -0.1) is 0 Å². The number of hydrogen-bond acceptors (Lipinski definition) is 4. The molecule has 0 aliphatic rings. The minimum absolute atomic E-state index is 0.0512. The molecule has 18 heavy (non-hydrogen) atoms. The van der Waals surface area contributed by atoms with Gasteiger partial charge in [0.2, 0.25) is 5.91 Å². The highest BCUT2D eigenvalue weighted by molar-refractivity contribution is 5.82. The lowest BCUT2D eigenvalue weighted by molar-refractivity contribution is -0.139. The molecule has 104 valence electrons. The normalized spacial score (nSPS) is 11.6. The van der Waals surface area contributed by atoms with Gasteiger partial charge in [-0.3, -0.25) is 4.79 Å². The largest absolute Gasteiger partial charge is 0.480 e. The van der Waals surface area contributed by atoms with Gasteiger partial charge in [0.05, 0.1) is 0 Å². The van der Waals surface area contributed by atoms with E-state index in [-0.39, 0.29) is 19.4 Å². The van der Waals surface area contributed by atoms with Gasteiger partial charge in [0.15, 0.2) is 0 Å². The predicted octanol–water partition coefficient (Wildman–Crippen LogP) is -1.22. The molecule has 0 aromatic rings. The molecule has 0 aromatic carbocycles. The SMILES string of the molecule is NC(=O)CCCCNC(=O)N[C@@H](CCO)C(=O)O. The number of aliphatic hydroxyl groups is 1. The molecule has 3 amide bonds. The van der Waals surface area contributed by atoms with Crippen LogP contribution in [0.5, 0.6) is 0 Å². The third-order valence-corrected chi connectivity index (χ3v) is 2.16. The number of nitrogens with one attached hydrogen (secondary N) is 2. The van der Waals surface area contributed by atoms with Gasteiger partial charge < -0.3 is 26.6 Å². The number of aliphatic carboxylic acids is 1. The first-order valence-electron chi connectivity index (χ1n) is 5.63. The highest BCUT2D eigenvalue weighted by Gasteiger charge is 2.18. The van der Waals surface area contributed by atoms with E-state index in [0.29, 0.717) is 19.4 Å². The van der Waals surface area contributed by atoms with Crippen LogP contribution in [0.3, 0.4) is 0 Å². The van der Waals surface area contributed by atoms with E-state index in [9.17, 15) is 14.4 Å². The molecular formula is C10H19N3O5. The van der Waals surface area contributed by atoms with E-state index < -0.39 is 23.9 Å². The van der Waals surface area contributed by atoms with Crippen molar-refractivity contribution in [2.45, 2.75) is 31.7 Å². The molecule has 0 rings (SSSR count). The molecule has 0 fully saturated rings. The van der Waals surface area contributed by atoms with E-state index in [4.69, 9.17) is 15.9 Å². The van der Waals surface area contributed by atoms with E-state index in [1.165, 1.54) is 0 Å². The molecule has 0 aromatic heterocycles. The molecule has 0 saturated carbocycles. The zero-order valence-corrected chi connectivity index (χ0v) is 10.0. The van der Waals surface area contributed by atoms with Crippen molar-refractivity contribution in [3.8, 4) is 0 Å². The second-order valence-electron chi connectivity index (χ2n) is 3.73. The fourth-order valence-electron chi connectivity index (χ4n) is 1.22. The number of unbranched alkanes of at least 4 members (excludes halogenated alkanes) is 1. The van der Waals surface area contributed by atoms with Gasteiger partial charge in [-0.25, -0.2) is 9.59 Å². The van der Waals surface area contributed by atoms with Crippen LogP contribution in [0.4, 0.5) is 4.79 Å². The Morgan fingerprint density at radius 3 is 2.39 bits per heavy atom. The topological polar surface area (TPSA) is 142 Å². The molecule has 0 aliphatic heterocycles. The fourth-order valence-corrected chi connectivity index (χ4v) is 1.22. The Labute approximate surface area is 105 Å². The van der Waals surface area contributed by atoms with Gasteiger partial charge in [-0.2, -0.15) is 0 Å². The first-order chi connectivity index (χ1) is 8.47. The first kappa shape index (κ1) is 16.2. The van der Waals surface area contributed by atoms with E-state index in [2.05, 4.69) is 10.6 Å². The number of carbonyl (C=O) groups is 3. The van der Waals surface area contributed by atoms with Gasteiger partial charge in [0, 0.05) is 26.0 Å². The number of carboxylic acid groups (broad SMARTS) is 1. The van der Waals surface area contributed by atoms with Crippen molar-refractivity contribution in [3.05, 3.63) is 0 Å². The predicted molar refractivity (Wildman–Crippen MR) is 62.7 cm³/mol. The third-order valence-electron chi connectivity index (χ3n) is 2.16. The molecule has 0 unspecified atom stereocenters. The average Bonchev–Trinajstić information content (AvgIpc) is 2.27. The van der Waals surface area contributed by atoms with Crippen LogP contribution in [-0.2, 0) is 9.59 Å². The van der Waals surface area contributed by atoms with Crippen LogP contribution in [0, 0.1) is 0 Å². The van der Waals surface area contributed by atoms with E-state index in [1.54, 1.807) is 0 Å². The summed E-state index contributed by atoms with van der Waals surface area (Å²) < 4.78 is 0. The summed E-state index contributed by atoms with van der Waals surface area (Å²) in [5.41, 5.74) is 4.94. The highest BCUT2D eigenvalue weighted by Crippen LogP contribution is 1.93. The standard InChI is InChI=1S/C10H19N3O5/c11-8(15)3-1-2-5-12-10(18)13-7(4-6-14)9(16)17/h7,14H,1-6H2,(H2,11,15)(H,16,17)(H2,12,13,18)/t7-/m0/s1. The van der Waals surface area contributed by atoms with Crippen molar-refractivity contribution in [2.75, 3.05) is 13.2 Å². The number of nitrogens with two attached hydrogens (primary N) is 1. The number of urea groups is 1. The van der Waals surface area contributed by atoms with E-state index in [0.717, 1.165) is 0 Å². The number of primary amides is 1. The van der Waals surface area contributed by atoms with Crippen LogP contribution in [-0.4, -0.2) is 47.3 Å². The van der Waals surface area contributed by atoms with Gasteiger partial charge in [-0.05, 0) is 12.8 Å². The second kappa shape index (κ2) is 9.23. The molecule has 0 bridgehead atoms. The summed E-state index contributed by atoms with van der Waals surface area (Å²) >= 11 is 0. The Kier molecular flexibility index (Phi) is 8.29. The van der Waals surface area contributed by atoms with Crippen molar-refractivity contribution in [3.63, 3.8) is 0 Å². The minimum atomic E-state index is -1.20. The summed E-state index contributed by atoms with van der Waals surface area (Å²) in [6, 6.07) is -1.73. The first-order valence-corrected chi connectivity index (χ1v) is 5.63. The lowest BCUT2D eigenvalue weighted by atomic mass is 10.2. The molecule has 0 aliphatic carbocycles. The van der Waals surface area contributed by atoms with Crippen molar-refractivity contribution < 1.29 is 24.6 Å².